The zero-order valence-corrected chi connectivity index (χ0v) is 18.9. The number of thiophene rings is 2. The summed E-state index contributed by atoms with van der Waals surface area (Å²) in [7, 11) is -3.58. The minimum atomic E-state index is -3.58. The molecular formula is C16H13Cl2N3O3S4. The largest absolute Gasteiger partial charge is 0.335 e. The Labute approximate surface area is 184 Å². The number of carbonyl (C=O) groups is 1. The first-order valence-electron chi connectivity index (χ1n) is 8.10. The van der Waals surface area contributed by atoms with Crippen molar-refractivity contribution >= 4 is 73.1 Å². The molecule has 148 valence electrons. The Morgan fingerprint density at radius 3 is 2.29 bits per heavy atom. The summed E-state index contributed by atoms with van der Waals surface area (Å²) in [4.78, 5) is 19.7. The van der Waals surface area contributed by atoms with Crippen molar-refractivity contribution in [3.63, 3.8) is 0 Å². The van der Waals surface area contributed by atoms with Crippen molar-refractivity contribution in [1.29, 1.82) is 0 Å². The Balaban J connectivity index is 1.42. The summed E-state index contributed by atoms with van der Waals surface area (Å²) >= 11 is 15.6. The average molecular weight is 494 g/mol. The van der Waals surface area contributed by atoms with Crippen molar-refractivity contribution in [2.75, 3.05) is 26.2 Å². The smallest absolute Gasteiger partial charge is 0.273 e. The van der Waals surface area contributed by atoms with Gasteiger partial charge >= 0.3 is 0 Å². The molecule has 1 saturated heterocycles. The van der Waals surface area contributed by atoms with E-state index in [1.165, 1.54) is 33.0 Å². The Morgan fingerprint density at radius 1 is 1.00 bits per heavy atom. The Kier molecular flexibility index (Phi) is 5.81. The zero-order valence-electron chi connectivity index (χ0n) is 14.2. The molecule has 0 aromatic carbocycles. The number of aromatic nitrogens is 1. The third kappa shape index (κ3) is 4.00. The molecule has 1 aliphatic heterocycles. The average Bonchev–Trinajstić information content (AvgIpc) is 3.42. The second-order valence-electron chi connectivity index (χ2n) is 5.90. The van der Waals surface area contributed by atoms with Crippen LogP contribution in [0.4, 0.5) is 0 Å². The Hall–Kier alpha value is -1.01. The van der Waals surface area contributed by atoms with Gasteiger partial charge in [0.1, 0.15) is 14.9 Å². The molecule has 0 aliphatic carbocycles. The summed E-state index contributed by atoms with van der Waals surface area (Å²) in [6, 6.07) is 6.75. The van der Waals surface area contributed by atoms with Gasteiger partial charge in [-0.1, -0.05) is 23.2 Å². The molecule has 6 nitrogen and oxygen atoms in total. The highest BCUT2D eigenvalue weighted by Gasteiger charge is 2.32. The summed E-state index contributed by atoms with van der Waals surface area (Å²) < 4.78 is 28.0. The van der Waals surface area contributed by atoms with Gasteiger partial charge in [-0.05, 0) is 24.3 Å². The van der Waals surface area contributed by atoms with Crippen molar-refractivity contribution in [2.45, 2.75) is 4.21 Å². The first-order valence-corrected chi connectivity index (χ1v) is 12.8. The number of sulfonamides is 1. The van der Waals surface area contributed by atoms with Gasteiger partial charge in [0, 0.05) is 31.6 Å². The second-order valence-corrected chi connectivity index (χ2v) is 12.3. The van der Waals surface area contributed by atoms with Gasteiger partial charge in [0.25, 0.3) is 15.9 Å². The maximum atomic E-state index is 12.7. The zero-order chi connectivity index (χ0) is 19.9. The van der Waals surface area contributed by atoms with Crippen LogP contribution in [0.15, 0.2) is 33.9 Å². The molecule has 3 aromatic heterocycles. The lowest BCUT2D eigenvalue weighted by atomic mass is 10.3. The third-order valence-electron chi connectivity index (χ3n) is 4.18. The van der Waals surface area contributed by atoms with E-state index in [0.29, 0.717) is 27.5 Å². The van der Waals surface area contributed by atoms with Gasteiger partial charge in [0.05, 0.1) is 13.5 Å². The normalized spacial score (nSPS) is 15.9. The molecule has 1 amide bonds. The summed E-state index contributed by atoms with van der Waals surface area (Å²) in [5.74, 6) is -0.193. The predicted molar refractivity (Wildman–Crippen MR) is 114 cm³/mol. The molecule has 0 saturated carbocycles. The molecular weight excluding hydrogens is 481 g/mol. The number of nitrogens with zero attached hydrogens (tertiary/aromatic N) is 3. The number of rotatable bonds is 4. The molecule has 4 heterocycles. The molecule has 0 bridgehead atoms. The number of piperazine rings is 1. The molecule has 12 heteroatoms. The van der Waals surface area contributed by atoms with E-state index in [-0.39, 0.29) is 23.2 Å². The van der Waals surface area contributed by atoms with Crippen LogP contribution in [0, 0.1) is 0 Å². The molecule has 0 unspecified atom stereocenters. The monoisotopic (exact) mass is 493 g/mol. The fourth-order valence-corrected chi connectivity index (χ4v) is 7.74. The van der Waals surface area contributed by atoms with Crippen molar-refractivity contribution in [3.8, 4) is 9.88 Å². The highest BCUT2D eigenvalue weighted by molar-refractivity contribution is 7.91. The van der Waals surface area contributed by atoms with Crippen LogP contribution in [0.3, 0.4) is 0 Å². The molecule has 1 fully saturated rings. The lowest BCUT2D eigenvalue weighted by molar-refractivity contribution is 0.0693. The van der Waals surface area contributed by atoms with Gasteiger partial charge in [-0.25, -0.2) is 13.4 Å². The van der Waals surface area contributed by atoms with Gasteiger partial charge in [-0.3, -0.25) is 4.79 Å². The fraction of sp³-hybridized carbons (Fsp3) is 0.250. The van der Waals surface area contributed by atoms with Gasteiger partial charge < -0.3 is 4.90 Å². The SMILES string of the molecule is O=C(c1csc(-c2ccc(Cl)s2)n1)N1CCN(S(=O)(=O)c2ccc(Cl)s2)CC1. The van der Waals surface area contributed by atoms with Crippen LogP contribution in [0.25, 0.3) is 9.88 Å². The lowest BCUT2D eigenvalue weighted by Crippen LogP contribution is -2.50. The van der Waals surface area contributed by atoms with Crippen LogP contribution in [-0.4, -0.2) is 54.7 Å². The van der Waals surface area contributed by atoms with Crippen LogP contribution >= 0.6 is 57.2 Å². The van der Waals surface area contributed by atoms with Crippen LogP contribution < -0.4 is 0 Å². The molecule has 0 N–H and O–H groups in total. The number of hydrogen-bond donors (Lipinski definition) is 0. The number of amides is 1. The summed E-state index contributed by atoms with van der Waals surface area (Å²) in [5, 5.41) is 2.47. The molecule has 28 heavy (non-hydrogen) atoms. The molecule has 4 rings (SSSR count). The highest BCUT2D eigenvalue weighted by Crippen LogP contribution is 2.33. The maximum Gasteiger partial charge on any atom is 0.273 e. The van der Waals surface area contributed by atoms with Crippen LogP contribution in [0.2, 0.25) is 8.67 Å². The second kappa shape index (κ2) is 8.02. The quantitative estimate of drug-likeness (QED) is 0.540. The summed E-state index contributed by atoms with van der Waals surface area (Å²) in [6.45, 7) is 1.10. The predicted octanol–water partition coefficient (Wildman–Crippen LogP) is 4.39. The van der Waals surface area contributed by atoms with E-state index in [1.807, 2.05) is 6.07 Å². The first kappa shape index (κ1) is 20.3. The van der Waals surface area contributed by atoms with E-state index in [2.05, 4.69) is 4.98 Å². The number of halogens is 2. The molecule has 0 atom stereocenters. The van der Waals surface area contributed by atoms with Crippen LogP contribution in [-0.2, 0) is 10.0 Å². The van der Waals surface area contributed by atoms with E-state index in [0.717, 1.165) is 21.2 Å². The van der Waals surface area contributed by atoms with E-state index in [9.17, 15) is 13.2 Å². The van der Waals surface area contributed by atoms with E-state index in [1.54, 1.807) is 22.4 Å². The van der Waals surface area contributed by atoms with E-state index >= 15 is 0 Å². The lowest BCUT2D eigenvalue weighted by Gasteiger charge is -2.33. The van der Waals surface area contributed by atoms with Gasteiger partial charge in [0.15, 0.2) is 0 Å². The fourth-order valence-electron chi connectivity index (χ4n) is 2.77. The molecule has 0 spiro atoms. The molecule has 0 radical (unpaired) electrons. The maximum absolute atomic E-state index is 12.7. The highest BCUT2D eigenvalue weighted by atomic mass is 35.5. The minimum absolute atomic E-state index is 0.193. The minimum Gasteiger partial charge on any atom is -0.335 e. The standard InChI is InChI=1S/C16H13Cl2N3O3S4/c17-12-2-1-11(26-12)15-19-10(9-25-15)16(22)20-5-7-21(8-6-20)28(23,24)14-4-3-13(18)27-14/h1-4,9H,5-8H2. The van der Waals surface area contributed by atoms with Crippen molar-refractivity contribution in [3.05, 3.63) is 44.0 Å². The molecule has 1 aliphatic rings. The van der Waals surface area contributed by atoms with Gasteiger partial charge in [0.2, 0.25) is 0 Å². The number of thiazole rings is 1. The van der Waals surface area contributed by atoms with Crippen molar-refractivity contribution in [2.24, 2.45) is 0 Å². The van der Waals surface area contributed by atoms with Crippen LogP contribution in [0.1, 0.15) is 10.5 Å². The Bertz CT molecular complexity index is 1110. The summed E-state index contributed by atoms with van der Waals surface area (Å²) in [5.41, 5.74) is 0.367. The Morgan fingerprint density at radius 2 is 1.68 bits per heavy atom. The van der Waals surface area contributed by atoms with Crippen molar-refractivity contribution < 1.29 is 13.2 Å². The molecule has 3 aromatic rings. The number of hydrogen-bond acceptors (Lipinski definition) is 7. The first-order chi connectivity index (χ1) is 13.3. The van der Waals surface area contributed by atoms with Crippen LogP contribution in [0.5, 0.6) is 0 Å². The topological polar surface area (TPSA) is 70.6 Å². The van der Waals surface area contributed by atoms with E-state index < -0.39 is 10.0 Å². The number of carbonyl (C=O) groups excluding carboxylic acids is 1. The van der Waals surface area contributed by atoms with Crippen molar-refractivity contribution in [1.82, 2.24) is 14.2 Å². The third-order valence-corrected chi connectivity index (χ3v) is 10.0. The van der Waals surface area contributed by atoms with Gasteiger partial charge in [-0.2, -0.15) is 4.31 Å². The summed E-state index contributed by atoms with van der Waals surface area (Å²) in [6.07, 6.45) is 0. The van der Waals surface area contributed by atoms with E-state index in [4.69, 9.17) is 23.2 Å². The van der Waals surface area contributed by atoms with Gasteiger partial charge in [-0.15, -0.1) is 34.0 Å².